The van der Waals surface area contributed by atoms with E-state index in [2.05, 4.69) is 32.3 Å². The maximum atomic E-state index is 13.5. The number of carbonyl (C=O) groups excluding carboxylic acids is 1. The number of aromatic amines is 1. The van der Waals surface area contributed by atoms with Gasteiger partial charge in [0.05, 0.1) is 16.8 Å². The minimum absolute atomic E-state index is 0.0783. The van der Waals surface area contributed by atoms with E-state index in [1.165, 1.54) is 0 Å². The highest BCUT2D eigenvalue weighted by Crippen LogP contribution is 2.32. The molecule has 6 heteroatoms. The van der Waals surface area contributed by atoms with Gasteiger partial charge in [-0.25, -0.2) is 4.98 Å². The van der Waals surface area contributed by atoms with Crippen molar-refractivity contribution in [2.75, 3.05) is 26.2 Å². The highest BCUT2D eigenvalue weighted by molar-refractivity contribution is 9.10. The maximum Gasteiger partial charge on any atom is 0.254 e. The van der Waals surface area contributed by atoms with E-state index >= 15 is 0 Å². The number of aromatic nitrogens is 2. The van der Waals surface area contributed by atoms with Crippen molar-refractivity contribution in [3.63, 3.8) is 0 Å². The van der Waals surface area contributed by atoms with Gasteiger partial charge in [0.2, 0.25) is 0 Å². The van der Waals surface area contributed by atoms with Gasteiger partial charge in [0.25, 0.3) is 5.91 Å². The number of nitrogens with zero attached hydrogens (tertiary/aromatic N) is 2. The molecule has 0 aliphatic carbocycles. The summed E-state index contributed by atoms with van der Waals surface area (Å²) in [6.45, 7) is 3.29. The van der Waals surface area contributed by atoms with Crippen molar-refractivity contribution in [2.45, 2.75) is 6.42 Å². The highest BCUT2D eigenvalue weighted by Gasteiger charge is 2.21. The van der Waals surface area contributed by atoms with E-state index in [1.54, 1.807) is 0 Å². The van der Waals surface area contributed by atoms with Gasteiger partial charge in [-0.15, -0.1) is 0 Å². The van der Waals surface area contributed by atoms with Crippen LogP contribution in [0.5, 0.6) is 0 Å². The summed E-state index contributed by atoms with van der Waals surface area (Å²) >= 11 is 3.56. The van der Waals surface area contributed by atoms with Crippen LogP contribution >= 0.6 is 15.9 Å². The van der Waals surface area contributed by atoms with E-state index < -0.39 is 0 Å². The normalized spacial score (nSPS) is 15.0. The Labute approximate surface area is 177 Å². The lowest BCUT2D eigenvalue weighted by Crippen LogP contribution is -2.34. The van der Waals surface area contributed by atoms with E-state index in [0.717, 1.165) is 75.7 Å². The lowest BCUT2D eigenvalue weighted by Gasteiger charge is -2.21. The SMILES string of the molecule is O=C(c1cc(-c2c[nH]c3ccc(Br)cc23)nc2ccccc12)N1CCCNCC1. The Morgan fingerprint density at radius 2 is 1.93 bits per heavy atom. The van der Waals surface area contributed by atoms with Crippen LogP contribution in [0.1, 0.15) is 16.8 Å². The first-order valence-electron chi connectivity index (χ1n) is 9.87. The average Bonchev–Trinajstić information content (AvgIpc) is 2.96. The van der Waals surface area contributed by atoms with E-state index in [-0.39, 0.29) is 5.91 Å². The number of halogens is 1. The molecular formula is C23H21BrN4O. The van der Waals surface area contributed by atoms with Crippen LogP contribution in [0, 0.1) is 0 Å². The lowest BCUT2D eigenvalue weighted by molar-refractivity contribution is 0.0768. The number of benzene rings is 2. The van der Waals surface area contributed by atoms with Gasteiger partial charge >= 0.3 is 0 Å². The summed E-state index contributed by atoms with van der Waals surface area (Å²) in [6.07, 6.45) is 2.94. The monoisotopic (exact) mass is 448 g/mol. The molecule has 3 heterocycles. The number of pyridine rings is 1. The first kappa shape index (κ1) is 18.3. The highest BCUT2D eigenvalue weighted by atomic mass is 79.9. The van der Waals surface area contributed by atoms with Gasteiger partial charge in [-0.1, -0.05) is 34.1 Å². The second-order valence-electron chi connectivity index (χ2n) is 7.36. The first-order valence-corrected chi connectivity index (χ1v) is 10.7. The molecule has 4 aromatic rings. The van der Waals surface area contributed by atoms with Crippen LogP contribution in [0.25, 0.3) is 33.1 Å². The molecule has 0 saturated carbocycles. The number of para-hydroxylation sites is 1. The Morgan fingerprint density at radius 1 is 1.03 bits per heavy atom. The Balaban J connectivity index is 1.67. The zero-order chi connectivity index (χ0) is 19.8. The number of fused-ring (bicyclic) bond motifs is 2. The molecule has 0 spiro atoms. The summed E-state index contributed by atoms with van der Waals surface area (Å²) in [6, 6.07) is 16.0. The molecular weight excluding hydrogens is 428 g/mol. The summed E-state index contributed by atoms with van der Waals surface area (Å²) in [5.74, 6) is 0.0783. The third kappa shape index (κ3) is 3.43. The molecule has 5 nitrogen and oxygen atoms in total. The number of carbonyl (C=O) groups is 1. The smallest absolute Gasteiger partial charge is 0.254 e. The Bertz CT molecular complexity index is 1210. The quantitative estimate of drug-likeness (QED) is 0.471. The average molecular weight is 449 g/mol. The molecule has 0 unspecified atom stereocenters. The first-order chi connectivity index (χ1) is 14.2. The van der Waals surface area contributed by atoms with Crippen molar-refractivity contribution in [3.8, 4) is 11.3 Å². The van der Waals surface area contributed by atoms with Crippen molar-refractivity contribution >= 4 is 43.6 Å². The van der Waals surface area contributed by atoms with Crippen LogP contribution in [-0.4, -0.2) is 47.0 Å². The van der Waals surface area contributed by atoms with Crippen LogP contribution in [0.2, 0.25) is 0 Å². The number of amides is 1. The molecule has 1 aliphatic rings. The van der Waals surface area contributed by atoms with Crippen LogP contribution in [0.4, 0.5) is 0 Å². The van der Waals surface area contributed by atoms with Crippen molar-refractivity contribution in [2.24, 2.45) is 0 Å². The number of hydrogen-bond acceptors (Lipinski definition) is 3. The van der Waals surface area contributed by atoms with E-state index in [0.29, 0.717) is 0 Å². The Morgan fingerprint density at radius 3 is 2.86 bits per heavy atom. The molecule has 1 aliphatic heterocycles. The molecule has 1 amide bonds. The van der Waals surface area contributed by atoms with E-state index in [9.17, 15) is 4.79 Å². The van der Waals surface area contributed by atoms with Crippen molar-refractivity contribution in [3.05, 3.63) is 64.8 Å². The number of hydrogen-bond donors (Lipinski definition) is 2. The third-order valence-corrected chi connectivity index (χ3v) is 5.99. The predicted octanol–water partition coefficient (Wildman–Crippen LogP) is 4.58. The third-order valence-electron chi connectivity index (χ3n) is 5.49. The number of rotatable bonds is 2. The summed E-state index contributed by atoms with van der Waals surface area (Å²) in [4.78, 5) is 23.6. The van der Waals surface area contributed by atoms with Gasteiger partial charge in [0.1, 0.15) is 0 Å². The zero-order valence-corrected chi connectivity index (χ0v) is 17.5. The van der Waals surface area contributed by atoms with Gasteiger partial charge in [-0.3, -0.25) is 4.79 Å². The second-order valence-corrected chi connectivity index (χ2v) is 8.28. The Kier molecular flexibility index (Phi) is 4.81. The predicted molar refractivity (Wildman–Crippen MR) is 120 cm³/mol. The number of H-pyrrole nitrogens is 1. The van der Waals surface area contributed by atoms with E-state index in [1.807, 2.05) is 53.6 Å². The van der Waals surface area contributed by atoms with Crippen LogP contribution < -0.4 is 5.32 Å². The maximum absolute atomic E-state index is 13.5. The van der Waals surface area contributed by atoms with Gasteiger partial charge in [-0.05, 0) is 43.3 Å². The zero-order valence-electron chi connectivity index (χ0n) is 15.9. The summed E-state index contributed by atoms with van der Waals surface area (Å²) in [5.41, 5.74) is 4.41. The second kappa shape index (κ2) is 7.61. The number of nitrogens with one attached hydrogen (secondary N) is 2. The molecule has 2 aromatic heterocycles. The fraction of sp³-hybridized carbons (Fsp3) is 0.217. The van der Waals surface area contributed by atoms with Crippen LogP contribution in [-0.2, 0) is 0 Å². The molecule has 29 heavy (non-hydrogen) atoms. The molecule has 5 rings (SSSR count). The molecule has 2 aromatic carbocycles. The van der Waals surface area contributed by atoms with Crippen molar-refractivity contribution in [1.82, 2.24) is 20.2 Å². The fourth-order valence-electron chi connectivity index (χ4n) is 4.01. The standard InChI is InChI=1S/C23H21BrN4O/c24-15-6-7-20-17(12-15)19(14-26-20)22-13-18(16-4-1-2-5-21(16)27-22)23(29)28-10-3-8-25-9-11-28/h1-2,4-7,12-14,25-26H,3,8-11H2. The van der Waals surface area contributed by atoms with Gasteiger partial charge in [0.15, 0.2) is 0 Å². The van der Waals surface area contributed by atoms with Crippen LogP contribution in [0.15, 0.2) is 59.2 Å². The molecule has 1 saturated heterocycles. The molecule has 0 bridgehead atoms. The molecule has 0 atom stereocenters. The molecule has 146 valence electrons. The lowest BCUT2D eigenvalue weighted by atomic mass is 10.0. The van der Waals surface area contributed by atoms with Crippen LogP contribution in [0.3, 0.4) is 0 Å². The fourth-order valence-corrected chi connectivity index (χ4v) is 4.38. The van der Waals surface area contributed by atoms with Crippen molar-refractivity contribution in [1.29, 1.82) is 0 Å². The summed E-state index contributed by atoms with van der Waals surface area (Å²) in [7, 11) is 0. The summed E-state index contributed by atoms with van der Waals surface area (Å²) < 4.78 is 1.01. The van der Waals surface area contributed by atoms with Gasteiger partial charge in [0, 0.05) is 52.2 Å². The molecule has 2 N–H and O–H groups in total. The van der Waals surface area contributed by atoms with E-state index in [4.69, 9.17) is 4.98 Å². The van der Waals surface area contributed by atoms with Gasteiger partial charge in [-0.2, -0.15) is 0 Å². The minimum atomic E-state index is 0.0783. The van der Waals surface area contributed by atoms with Gasteiger partial charge < -0.3 is 15.2 Å². The molecule has 1 fully saturated rings. The van der Waals surface area contributed by atoms with Crippen molar-refractivity contribution < 1.29 is 4.79 Å². The topological polar surface area (TPSA) is 61.0 Å². The largest absolute Gasteiger partial charge is 0.360 e. The minimum Gasteiger partial charge on any atom is -0.360 e. The summed E-state index contributed by atoms with van der Waals surface area (Å²) in [5, 5.41) is 5.35. The molecule has 0 radical (unpaired) electrons. The Hall–Kier alpha value is -2.70.